The lowest BCUT2D eigenvalue weighted by molar-refractivity contribution is -0.120. The number of nitrogens with two attached hydrogens (primary N) is 1. The zero-order valence-electron chi connectivity index (χ0n) is 9.21. The molecule has 0 radical (unpaired) electrons. The lowest BCUT2D eigenvalue weighted by atomic mass is 10.1. The Bertz CT molecular complexity index is 209. The molecule has 88 valence electrons. The van der Waals surface area contributed by atoms with Gasteiger partial charge < -0.3 is 21.1 Å². The smallest absolute Gasteiger partial charge is 0.406 e. The van der Waals surface area contributed by atoms with Gasteiger partial charge in [-0.15, -0.1) is 0 Å². The van der Waals surface area contributed by atoms with Crippen LogP contribution in [0.5, 0.6) is 0 Å². The lowest BCUT2D eigenvalue weighted by Crippen LogP contribution is -2.31. The van der Waals surface area contributed by atoms with Gasteiger partial charge in [0.15, 0.2) is 0 Å². The lowest BCUT2D eigenvalue weighted by Gasteiger charge is -2.10. The molecule has 0 fully saturated rings. The van der Waals surface area contributed by atoms with Crippen LogP contribution < -0.4 is 16.4 Å². The summed E-state index contributed by atoms with van der Waals surface area (Å²) < 4.78 is 4.39. The van der Waals surface area contributed by atoms with E-state index in [1.807, 2.05) is 0 Å². The maximum Gasteiger partial charge on any atom is 0.406 e. The second-order valence-electron chi connectivity index (χ2n) is 3.20. The van der Waals surface area contributed by atoms with Gasteiger partial charge in [-0.2, -0.15) is 0 Å². The molecule has 0 spiro atoms. The first-order valence-electron chi connectivity index (χ1n) is 4.88. The quantitative estimate of drug-likeness (QED) is 0.527. The topological polar surface area (TPSA) is 93.5 Å². The average Bonchev–Trinajstić information content (AvgIpc) is 2.23. The fraction of sp³-hybridized carbons (Fsp3) is 0.778. The summed E-state index contributed by atoms with van der Waals surface area (Å²) in [4.78, 5) is 21.6. The summed E-state index contributed by atoms with van der Waals surface area (Å²) in [5.74, 6) is -0.0663. The highest BCUT2D eigenvalue weighted by Crippen LogP contribution is 1.98. The molecular weight excluding hydrogens is 198 g/mol. The number of alkyl carbamates (subject to hydrolysis) is 1. The Kier molecular flexibility index (Phi) is 7.35. The van der Waals surface area contributed by atoms with Gasteiger partial charge in [0.05, 0.1) is 7.11 Å². The molecule has 0 aromatic heterocycles. The van der Waals surface area contributed by atoms with Crippen LogP contribution in [0.4, 0.5) is 4.79 Å². The number of ether oxygens (including phenoxy) is 1. The predicted octanol–water partition coefficient (Wildman–Crippen LogP) is -0.414. The molecule has 1 unspecified atom stereocenters. The number of methoxy groups -OCH3 is 1. The number of carbonyl (C=O) groups excluding carboxylic acids is 2. The van der Waals surface area contributed by atoms with Crippen LogP contribution in [-0.4, -0.2) is 38.7 Å². The normalized spacial score (nSPS) is 11.7. The molecule has 0 rings (SSSR count). The van der Waals surface area contributed by atoms with Gasteiger partial charge in [0.2, 0.25) is 5.91 Å². The van der Waals surface area contributed by atoms with Crippen LogP contribution in [-0.2, 0) is 9.53 Å². The first-order valence-corrected chi connectivity index (χ1v) is 4.88. The third-order valence-corrected chi connectivity index (χ3v) is 1.93. The molecule has 0 saturated heterocycles. The van der Waals surface area contributed by atoms with E-state index in [9.17, 15) is 9.59 Å². The zero-order chi connectivity index (χ0) is 11.7. The van der Waals surface area contributed by atoms with Gasteiger partial charge >= 0.3 is 6.09 Å². The van der Waals surface area contributed by atoms with Crippen molar-refractivity contribution in [3.05, 3.63) is 0 Å². The van der Waals surface area contributed by atoms with Crippen molar-refractivity contribution >= 4 is 12.0 Å². The number of hydrogen-bond donors (Lipinski definition) is 3. The Balaban J connectivity index is 3.42. The Morgan fingerprint density at radius 3 is 2.67 bits per heavy atom. The summed E-state index contributed by atoms with van der Waals surface area (Å²) in [5, 5.41) is 5.04. The van der Waals surface area contributed by atoms with E-state index in [1.54, 1.807) is 7.05 Å². The van der Waals surface area contributed by atoms with Crippen LogP contribution in [0.25, 0.3) is 0 Å². The van der Waals surface area contributed by atoms with Crippen LogP contribution in [0.1, 0.15) is 19.3 Å². The fourth-order valence-corrected chi connectivity index (χ4v) is 1.07. The number of rotatable bonds is 6. The summed E-state index contributed by atoms with van der Waals surface area (Å²) in [6.07, 6.45) is 1.29. The van der Waals surface area contributed by atoms with Gasteiger partial charge in [-0.05, 0) is 12.8 Å². The molecule has 6 heteroatoms. The molecule has 0 saturated carbocycles. The minimum absolute atomic E-state index is 0.0663. The third kappa shape index (κ3) is 7.75. The molecule has 0 bridgehead atoms. The number of amides is 2. The van der Waals surface area contributed by atoms with E-state index in [2.05, 4.69) is 15.4 Å². The summed E-state index contributed by atoms with van der Waals surface area (Å²) >= 11 is 0. The molecule has 0 heterocycles. The van der Waals surface area contributed by atoms with Crippen LogP contribution in [0.3, 0.4) is 0 Å². The average molecular weight is 217 g/mol. The Morgan fingerprint density at radius 2 is 2.13 bits per heavy atom. The third-order valence-electron chi connectivity index (χ3n) is 1.93. The summed E-state index contributed by atoms with van der Waals surface area (Å²) in [6.45, 7) is 0.508. The van der Waals surface area contributed by atoms with Crippen LogP contribution in [0, 0.1) is 0 Å². The second-order valence-corrected chi connectivity index (χ2v) is 3.20. The predicted molar refractivity (Wildman–Crippen MR) is 56.3 cm³/mol. The van der Waals surface area contributed by atoms with E-state index < -0.39 is 6.09 Å². The number of hydrogen-bond acceptors (Lipinski definition) is 4. The van der Waals surface area contributed by atoms with E-state index in [4.69, 9.17) is 5.73 Å². The number of nitrogens with one attached hydrogen (secondary N) is 2. The van der Waals surface area contributed by atoms with Crippen molar-refractivity contribution in [1.29, 1.82) is 0 Å². The molecule has 0 aliphatic heterocycles. The van der Waals surface area contributed by atoms with Gasteiger partial charge in [-0.3, -0.25) is 4.79 Å². The first kappa shape index (κ1) is 13.7. The molecule has 0 aromatic rings. The highest BCUT2D eigenvalue weighted by atomic mass is 16.5. The summed E-state index contributed by atoms with van der Waals surface area (Å²) in [7, 11) is 2.89. The molecule has 1 atom stereocenters. The molecule has 0 aliphatic carbocycles. The van der Waals surface area contributed by atoms with Gasteiger partial charge in [0.25, 0.3) is 0 Å². The molecule has 0 aliphatic rings. The number of carbonyl (C=O) groups is 2. The van der Waals surface area contributed by atoms with E-state index in [1.165, 1.54) is 7.11 Å². The van der Waals surface area contributed by atoms with Gasteiger partial charge in [-0.1, -0.05) is 0 Å². The van der Waals surface area contributed by atoms with Crippen molar-refractivity contribution in [2.75, 3.05) is 20.7 Å². The standard InChI is InChI=1S/C9H19N3O3/c1-11-8(13)6-7(10)4-3-5-12-9(14)15-2/h7H,3-6,10H2,1-2H3,(H,11,13)(H,12,14). The highest BCUT2D eigenvalue weighted by Gasteiger charge is 2.07. The Hall–Kier alpha value is -1.30. The van der Waals surface area contributed by atoms with E-state index >= 15 is 0 Å². The fourth-order valence-electron chi connectivity index (χ4n) is 1.07. The van der Waals surface area contributed by atoms with Gasteiger partial charge in [0.1, 0.15) is 0 Å². The van der Waals surface area contributed by atoms with Gasteiger partial charge in [-0.25, -0.2) is 4.79 Å². The molecule has 2 amide bonds. The monoisotopic (exact) mass is 217 g/mol. The maximum absolute atomic E-state index is 10.9. The molecule has 4 N–H and O–H groups in total. The van der Waals surface area contributed by atoms with Crippen LogP contribution >= 0.6 is 0 Å². The van der Waals surface area contributed by atoms with E-state index in [0.29, 0.717) is 19.4 Å². The van der Waals surface area contributed by atoms with Crippen molar-refractivity contribution < 1.29 is 14.3 Å². The highest BCUT2D eigenvalue weighted by molar-refractivity contribution is 5.76. The van der Waals surface area contributed by atoms with E-state index in [-0.39, 0.29) is 11.9 Å². The molecular formula is C9H19N3O3. The molecule has 0 aromatic carbocycles. The Labute approximate surface area is 89.5 Å². The minimum atomic E-state index is -0.449. The second kappa shape index (κ2) is 8.05. The van der Waals surface area contributed by atoms with Gasteiger partial charge in [0, 0.05) is 26.1 Å². The first-order chi connectivity index (χ1) is 7.10. The van der Waals surface area contributed by atoms with Crippen LogP contribution in [0.15, 0.2) is 0 Å². The van der Waals surface area contributed by atoms with Crippen molar-refractivity contribution in [2.24, 2.45) is 5.73 Å². The zero-order valence-corrected chi connectivity index (χ0v) is 9.21. The largest absolute Gasteiger partial charge is 0.453 e. The molecule has 6 nitrogen and oxygen atoms in total. The van der Waals surface area contributed by atoms with Crippen molar-refractivity contribution in [2.45, 2.75) is 25.3 Å². The minimum Gasteiger partial charge on any atom is -0.453 e. The summed E-state index contributed by atoms with van der Waals surface area (Å²) in [5.41, 5.74) is 5.69. The summed E-state index contributed by atoms with van der Waals surface area (Å²) in [6, 6.07) is -0.163. The van der Waals surface area contributed by atoms with Crippen molar-refractivity contribution in [3.63, 3.8) is 0 Å². The Morgan fingerprint density at radius 1 is 1.47 bits per heavy atom. The van der Waals surface area contributed by atoms with E-state index in [0.717, 1.165) is 6.42 Å². The maximum atomic E-state index is 10.9. The molecule has 15 heavy (non-hydrogen) atoms. The van der Waals surface area contributed by atoms with Crippen molar-refractivity contribution in [1.82, 2.24) is 10.6 Å². The van der Waals surface area contributed by atoms with Crippen molar-refractivity contribution in [3.8, 4) is 0 Å². The van der Waals surface area contributed by atoms with Crippen LogP contribution in [0.2, 0.25) is 0 Å². The SMILES string of the molecule is CNC(=O)CC(N)CCCNC(=O)OC.